The third-order valence-corrected chi connectivity index (χ3v) is 4.44. The van der Waals surface area contributed by atoms with E-state index < -0.39 is 6.10 Å². The topological polar surface area (TPSA) is 38.3 Å². The van der Waals surface area contributed by atoms with E-state index in [1.54, 1.807) is 0 Å². The third kappa shape index (κ3) is 4.00. The van der Waals surface area contributed by atoms with Gasteiger partial charge in [0.2, 0.25) is 0 Å². The molecule has 0 radical (unpaired) electrons. The number of hydrogen-bond donors (Lipinski definition) is 1. The fraction of sp³-hybridized carbons (Fsp3) is 0.227. The van der Waals surface area contributed by atoms with Gasteiger partial charge in [0.25, 0.3) is 5.91 Å². The summed E-state index contributed by atoms with van der Waals surface area (Å²) in [6, 6.07) is 19.9. The van der Waals surface area contributed by atoms with Gasteiger partial charge in [-0.05, 0) is 66.4 Å². The van der Waals surface area contributed by atoms with Gasteiger partial charge >= 0.3 is 0 Å². The fourth-order valence-electron chi connectivity index (χ4n) is 2.77. The summed E-state index contributed by atoms with van der Waals surface area (Å²) in [6.07, 6.45) is 0.0755. The monoisotopic (exact) mass is 333 g/mol. The number of ether oxygens (including phenoxy) is 1. The number of fused-ring (bicyclic) bond motifs is 1. The lowest BCUT2D eigenvalue weighted by molar-refractivity contribution is -0.122. The summed E-state index contributed by atoms with van der Waals surface area (Å²) in [5.41, 5.74) is 3.16. The molecule has 0 fully saturated rings. The van der Waals surface area contributed by atoms with Gasteiger partial charge in [-0.25, -0.2) is 0 Å². The lowest BCUT2D eigenvalue weighted by Gasteiger charge is -2.18. The largest absolute Gasteiger partial charge is 0.481 e. The summed E-state index contributed by atoms with van der Waals surface area (Å²) >= 11 is 0. The number of amides is 1. The van der Waals surface area contributed by atoms with Gasteiger partial charge in [-0.15, -0.1) is 0 Å². The molecule has 0 bridgehead atoms. The highest BCUT2D eigenvalue weighted by molar-refractivity contribution is 5.94. The SMILES string of the molecule is CC[C@@H](Oc1ccc2ccccc2c1)C(=O)Nc1ccc(C)c(C)c1. The summed E-state index contributed by atoms with van der Waals surface area (Å²) < 4.78 is 5.95. The highest BCUT2D eigenvalue weighted by Gasteiger charge is 2.18. The minimum Gasteiger partial charge on any atom is -0.481 e. The molecule has 128 valence electrons. The number of hydrogen-bond acceptors (Lipinski definition) is 2. The number of carbonyl (C=O) groups excluding carboxylic acids is 1. The number of rotatable bonds is 5. The molecule has 0 aliphatic carbocycles. The average molecular weight is 333 g/mol. The quantitative estimate of drug-likeness (QED) is 0.692. The highest BCUT2D eigenvalue weighted by Crippen LogP contribution is 2.22. The van der Waals surface area contributed by atoms with Gasteiger partial charge in [0, 0.05) is 5.69 Å². The number of aryl methyl sites for hydroxylation is 2. The van der Waals surface area contributed by atoms with Crippen LogP contribution in [0.15, 0.2) is 60.7 Å². The van der Waals surface area contributed by atoms with Crippen molar-refractivity contribution in [2.24, 2.45) is 0 Å². The summed E-state index contributed by atoms with van der Waals surface area (Å²) in [6.45, 7) is 6.04. The minimum atomic E-state index is -0.525. The number of carbonyl (C=O) groups is 1. The van der Waals surface area contributed by atoms with Crippen molar-refractivity contribution in [1.82, 2.24) is 0 Å². The molecular weight excluding hydrogens is 310 g/mol. The number of nitrogens with one attached hydrogen (secondary N) is 1. The van der Waals surface area contributed by atoms with Crippen LogP contribution in [0.4, 0.5) is 5.69 Å². The van der Waals surface area contributed by atoms with Gasteiger partial charge < -0.3 is 10.1 Å². The highest BCUT2D eigenvalue weighted by atomic mass is 16.5. The van der Waals surface area contributed by atoms with E-state index in [-0.39, 0.29) is 5.91 Å². The van der Waals surface area contributed by atoms with E-state index in [4.69, 9.17) is 4.74 Å². The van der Waals surface area contributed by atoms with E-state index in [9.17, 15) is 4.79 Å². The van der Waals surface area contributed by atoms with Gasteiger partial charge in [-0.3, -0.25) is 4.79 Å². The van der Waals surface area contributed by atoms with E-state index in [0.29, 0.717) is 12.2 Å². The lowest BCUT2D eigenvalue weighted by atomic mass is 10.1. The van der Waals surface area contributed by atoms with E-state index in [0.717, 1.165) is 22.0 Å². The lowest BCUT2D eigenvalue weighted by Crippen LogP contribution is -2.32. The van der Waals surface area contributed by atoms with Gasteiger partial charge in [0.15, 0.2) is 6.10 Å². The van der Waals surface area contributed by atoms with Crippen molar-refractivity contribution in [2.75, 3.05) is 5.32 Å². The van der Waals surface area contributed by atoms with Crippen LogP contribution in [-0.2, 0) is 4.79 Å². The van der Waals surface area contributed by atoms with Crippen molar-refractivity contribution < 1.29 is 9.53 Å². The smallest absolute Gasteiger partial charge is 0.265 e. The first-order valence-electron chi connectivity index (χ1n) is 8.60. The van der Waals surface area contributed by atoms with E-state index in [1.807, 2.05) is 68.4 Å². The maximum absolute atomic E-state index is 12.6. The normalized spacial score (nSPS) is 12.0. The molecule has 3 aromatic carbocycles. The van der Waals surface area contributed by atoms with Crippen LogP contribution in [0.3, 0.4) is 0 Å². The Kier molecular flexibility index (Phi) is 5.03. The Balaban J connectivity index is 1.73. The van der Waals surface area contributed by atoms with Crippen LogP contribution in [0, 0.1) is 13.8 Å². The summed E-state index contributed by atoms with van der Waals surface area (Å²) in [5.74, 6) is 0.583. The maximum Gasteiger partial charge on any atom is 0.265 e. The van der Waals surface area contributed by atoms with Crippen LogP contribution in [0.2, 0.25) is 0 Å². The van der Waals surface area contributed by atoms with Crippen LogP contribution in [-0.4, -0.2) is 12.0 Å². The van der Waals surface area contributed by atoms with Gasteiger partial charge in [-0.1, -0.05) is 43.3 Å². The molecule has 0 aliphatic heterocycles. The van der Waals surface area contributed by atoms with Crippen LogP contribution in [0.5, 0.6) is 5.75 Å². The van der Waals surface area contributed by atoms with Crippen molar-refractivity contribution in [3.05, 3.63) is 71.8 Å². The van der Waals surface area contributed by atoms with Crippen LogP contribution in [0.25, 0.3) is 10.8 Å². The summed E-state index contributed by atoms with van der Waals surface area (Å²) in [7, 11) is 0. The Morgan fingerprint density at radius 3 is 2.44 bits per heavy atom. The molecule has 3 rings (SSSR count). The molecule has 3 nitrogen and oxygen atoms in total. The predicted molar refractivity (Wildman–Crippen MR) is 103 cm³/mol. The molecule has 25 heavy (non-hydrogen) atoms. The Morgan fingerprint density at radius 2 is 1.72 bits per heavy atom. The minimum absolute atomic E-state index is 0.126. The molecule has 3 aromatic rings. The second kappa shape index (κ2) is 7.39. The van der Waals surface area contributed by atoms with Crippen LogP contribution in [0.1, 0.15) is 24.5 Å². The van der Waals surface area contributed by atoms with Crippen molar-refractivity contribution in [3.8, 4) is 5.75 Å². The zero-order chi connectivity index (χ0) is 17.8. The number of benzene rings is 3. The first-order chi connectivity index (χ1) is 12.1. The van der Waals surface area contributed by atoms with Crippen LogP contribution >= 0.6 is 0 Å². The van der Waals surface area contributed by atoms with E-state index >= 15 is 0 Å². The molecule has 0 spiro atoms. The number of anilines is 1. The van der Waals surface area contributed by atoms with Crippen molar-refractivity contribution in [2.45, 2.75) is 33.3 Å². The Morgan fingerprint density at radius 1 is 0.960 bits per heavy atom. The predicted octanol–water partition coefficient (Wildman–Crippen LogP) is 5.25. The summed E-state index contributed by atoms with van der Waals surface area (Å²) in [4.78, 5) is 12.6. The van der Waals surface area contributed by atoms with Gasteiger partial charge in [0.1, 0.15) is 5.75 Å². The molecule has 3 heteroatoms. The van der Waals surface area contributed by atoms with E-state index in [1.165, 1.54) is 5.56 Å². The standard InChI is InChI=1S/C22H23NO2/c1-4-21(22(24)23-19-11-9-15(2)16(3)13-19)25-20-12-10-17-7-5-6-8-18(17)14-20/h5-14,21H,4H2,1-3H3,(H,23,24)/t21-/m1/s1. The molecular formula is C22H23NO2. The van der Waals surface area contributed by atoms with Crippen LogP contribution < -0.4 is 10.1 Å². The Hall–Kier alpha value is -2.81. The molecule has 0 aliphatic rings. The van der Waals surface area contributed by atoms with Gasteiger partial charge in [0.05, 0.1) is 0 Å². The Labute approximate surface area is 148 Å². The molecule has 1 atom stereocenters. The van der Waals surface area contributed by atoms with Crippen molar-refractivity contribution in [3.63, 3.8) is 0 Å². The molecule has 0 saturated heterocycles. The third-order valence-electron chi connectivity index (χ3n) is 4.44. The first-order valence-corrected chi connectivity index (χ1v) is 8.60. The molecule has 0 unspecified atom stereocenters. The van der Waals surface area contributed by atoms with E-state index in [2.05, 4.69) is 18.3 Å². The van der Waals surface area contributed by atoms with Gasteiger partial charge in [-0.2, -0.15) is 0 Å². The average Bonchev–Trinajstić information content (AvgIpc) is 2.62. The van der Waals surface area contributed by atoms with Crippen molar-refractivity contribution in [1.29, 1.82) is 0 Å². The van der Waals surface area contributed by atoms with Crippen molar-refractivity contribution >= 4 is 22.4 Å². The zero-order valence-corrected chi connectivity index (χ0v) is 14.9. The second-order valence-electron chi connectivity index (χ2n) is 6.31. The molecule has 1 N–H and O–H groups in total. The Bertz CT molecular complexity index is 901. The molecule has 0 aromatic heterocycles. The fourth-order valence-corrected chi connectivity index (χ4v) is 2.77. The molecule has 0 saturated carbocycles. The zero-order valence-electron chi connectivity index (χ0n) is 14.9. The maximum atomic E-state index is 12.6. The molecule has 1 amide bonds. The second-order valence-corrected chi connectivity index (χ2v) is 6.31. The summed E-state index contributed by atoms with van der Waals surface area (Å²) in [5, 5.41) is 5.21. The molecule has 0 heterocycles. The first kappa shape index (κ1) is 17.0.